The molecule has 0 saturated carbocycles. The van der Waals surface area contributed by atoms with E-state index >= 15 is 0 Å². The second-order valence-electron chi connectivity index (χ2n) is 11.4. The van der Waals surface area contributed by atoms with Gasteiger partial charge in [-0.05, 0) is 58.3 Å². The van der Waals surface area contributed by atoms with Crippen molar-refractivity contribution in [2.45, 2.75) is 51.8 Å². The Balaban J connectivity index is 0.00000353. The number of anilines is 1. The third kappa shape index (κ3) is 6.82. The van der Waals surface area contributed by atoms with Gasteiger partial charge < -0.3 is 24.6 Å². The molecule has 1 aromatic heterocycles. The predicted molar refractivity (Wildman–Crippen MR) is 146 cm³/mol. The molecule has 3 saturated heterocycles. The molecule has 4 heterocycles. The van der Waals surface area contributed by atoms with E-state index in [4.69, 9.17) is 14.8 Å². The molecule has 0 spiro atoms. The van der Waals surface area contributed by atoms with Gasteiger partial charge in [-0.15, -0.1) is 6.54 Å². The van der Waals surface area contributed by atoms with Gasteiger partial charge in [0.2, 0.25) is 0 Å². The zero-order chi connectivity index (χ0) is 26.9. The molecule has 1 unspecified atom stereocenters. The summed E-state index contributed by atoms with van der Waals surface area (Å²) in [6, 6.07) is 10.1. The number of carbonyl (C=O) groups is 1. The van der Waals surface area contributed by atoms with E-state index in [0.29, 0.717) is 18.7 Å². The Morgan fingerprint density at radius 3 is 2.67 bits per heavy atom. The number of hydrogen-bond donors (Lipinski definition) is 0. The van der Waals surface area contributed by atoms with Crippen LogP contribution < -0.4 is 4.90 Å². The topological polar surface area (TPSA) is 99.3 Å². The van der Waals surface area contributed by atoms with Crippen LogP contribution in [0.4, 0.5) is 10.5 Å². The zero-order valence-corrected chi connectivity index (χ0v) is 24.1. The minimum Gasteiger partial charge on any atom is -0.628 e. The van der Waals surface area contributed by atoms with Gasteiger partial charge in [0, 0.05) is 86.1 Å². The van der Waals surface area contributed by atoms with E-state index in [-0.39, 0.29) is 41.1 Å². The van der Waals surface area contributed by atoms with Gasteiger partial charge in [-0.1, -0.05) is 0 Å². The fraction of sp³-hybridized carbons (Fsp3) is 0.607. The third-order valence-corrected chi connectivity index (χ3v) is 7.27. The fourth-order valence-electron chi connectivity index (χ4n) is 5.64. The van der Waals surface area contributed by atoms with Gasteiger partial charge in [0.15, 0.2) is 0 Å². The molecule has 2 aromatic rings. The summed E-state index contributed by atoms with van der Waals surface area (Å²) >= 11 is 0. The van der Waals surface area contributed by atoms with E-state index < -0.39 is 5.60 Å². The summed E-state index contributed by atoms with van der Waals surface area (Å²) in [6.07, 6.45) is 1.37. The number of carbonyl (C=O) groups excluding carboxylic acids is 1. The number of rotatable bonds is 4. The molecule has 1 aromatic carbocycles. The smallest absolute Gasteiger partial charge is 0.410 e. The molecule has 0 aliphatic carbocycles. The molecule has 0 N–H and O–H groups in total. The molecule has 0 bridgehead atoms. The van der Waals surface area contributed by atoms with Crippen molar-refractivity contribution in [3.8, 4) is 6.07 Å². The predicted octanol–water partition coefficient (Wildman–Crippen LogP) is 3.22. The summed E-state index contributed by atoms with van der Waals surface area (Å²) in [6.45, 7) is 14.9. The summed E-state index contributed by atoms with van der Waals surface area (Å²) in [7, 11) is 0. The monoisotopic (exact) mass is 578 g/mol. The summed E-state index contributed by atoms with van der Waals surface area (Å²) in [5, 5.41) is 15.2. The van der Waals surface area contributed by atoms with Crippen LogP contribution in [0.3, 0.4) is 0 Å². The number of nitrogens with zero attached hydrogens (tertiary/aromatic N) is 7. The van der Waals surface area contributed by atoms with Gasteiger partial charge >= 0.3 is 6.09 Å². The van der Waals surface area contributed by atoms with Crippen LogP contribution in [-0.2, 0) is 26.0 Å². The molecule has 3 atom stereocenters. The number of benzene rings is 1. The first kappa shape index (κ1) is 29.5. The quantitative estimate of drug-likeness (QED) is 0.510. The molecule has 39 heavy (non-hydrogen) atoms. The molecule has 3 aliphatic rings. The Kier molecular flexibility index (Phi) is 9.35. The number of morpholine rings is 1. The number of pyridine rings is 1. The molecule has 10 nitrogen and oxygen atoms in total. The Morgan fingerprint density at radius 1 is 1.18 bits per heavy atom. The van der Waals surface area contributed by atoms with Gasteiger partial charge in [0.1, 0.15) is 11.7 Å². The molecule has 1 amide bonds. The maximum atomic E-state index is 12.7. The molecular formula is C28H38N7NiO3-. The van der Waals surface area contributed by atoms with Crippen molar-refractivity contribution < 1.29 is 30.8 Å². The van der Waals surface area contributed by atoms with E-state index in [0.717, 1.165) is 62.4 Å². The van der Waals surface area contributed by atoms with Crippen molar-refractivity contribution in [2.75, 3.05) is 63.8 Å². The Hall–Kier alpha value is -2.48. The molecule has 214 valence electrons. The van der Waals surface area contributed by atoms with Crippen molar-refractivity contribution in [3.63, 3.8) is 0 Å². The summed E-state index contributed by atoms with van der Waals surface area (Å²) in [4.78, 5) is 26.0. The second kappa shape index (κ2) is 12.4. The van der Waals surface area contributed by atoms with E-state index in [1.165, 1.54) is 0 Å². The first-order valence-corrected chi connectivity index (χ1v) is 13.5. The van der Waals surface area contributed by atoms with Crippen LogP contribution in [-0.4, -0.2) is 109 Å². The van der Waals surface area contributed by atoms with Crippen molar-refractivity contribution >= 4 is 22.7 Å². The number of hydrogen-bond acceptors (Lipinski definition) is 8. The van der Waals surface area contributed by atoms with Gasteiger partial charge in [0.05, 0.1) is 23.3 Å². The molecule has 11 heteroatoms. The van der Waals surface area contributed by atoms with Crippen molar-refractivity contribution in [1.29, 1.82) is 5.26 Å². The SMILES string of the molecule is C[C@@H]1CN(c2ccc(C#N)c3ncccc23)C[C@H](CN2CCN(C3[N-]CCN3C(=O)OC(C)(C)C)CC2)O1.[Ni]. The van der Waals surface area contributed by atoms with E-state index in [1.807, 2.05) is 45.0 Å². The number of ether oxygens (including phenoxy) is 2. The van der Waals surface area contributed by atoms with Crippen molar-refractivity contribution in [3.05, 3.63) is 41.3 Å². The van der Waals surface area contributed by atoms with Gasteiger partial charge in [0.25, 0.3) is 0 Å². The Bertz CT molecular complexity index is 1190. The molecule has 3 fully saturated rings. The average Bonchev–Trinajstić information content (AvgIpc) is 3.37. The number of nitriles is 1. The minimum atomic E-state index is -0.519. The molecular weight excluding hydrogens is 541 g/mol. The summed E-state index contributed by atoms with van der Waals surface area (Å²) in [5.74, 6) is 0. The van der Waals surface area contributed by atoms with Gasteiger partial charge in [-0.2, -0.15) is 5.26 Å². The summed E-state index contributed by atoms with van der Waals surface area (Å²) in [5.41, 5.74) is 1.92. The van der Waals surface area contributed by atoms with Crippen LogP contribution in [0.5, 0.6) is 0 Å². The maximum Gasteiger partial charge on any atom is 0.410 e. The first-order chi connectivity index (χ1) is 18.2. The van der Waals surface area contributed by atoms with Crippen LogP contribution in [0.25, 0.3) is 16.2 Å². The van der Waals surface area contributed by atoms with Crippen LogP contribution >= 0.6 is 0 Å². The maximum absolute atomic E-state index is 12.7. The van der Waals surface area contributed by atoms with Crippen molar-refractivity contribution in [2.24, 2.45) is 0 Å². The van der Waals surface area contributed by atoms with Gasteiger partial charge in [-0.25, -0.2) is 4.79 Å². The summed E-state index contributed by atoms with van der Waals surface area (Å²) < 4.78 is 12.0. The first-order valence-electron chi connectivity index (χ1n) is 13.5. The van der Waals surface area contributed by atoms with E-state index in [2.05, 4.69) is 32.7 Å². The minimum absolute atomic E-state index is 0. The number of piperazine rings is 1. The van der Waals surface area contributed by atoms with Gasteiger partial charge in [-0.3, -0.25) is 14.8 Å². The number of fused-ring (bicyclic) bond motifs is 1. The molecule has 0 radical (unpaired) electrons. The Morgan fingerprint density at radius 2 is 1.95 bits per heavy atom. The molecule has 5 rings (SSSR count). The van der Waals surface area contributed by atoms with Crippen molar-refractivity contribution in [1.82, 2.24) is 19.7 Å². The van der Waals surface area contributed by atoms with Crippen LogP contribution in [0.2, 0.25) is 0 Å². The zero-order valence-electron chi connectivity index (χ0n) is 23.2. The normalized spacial score (nSPS) is 24.8. The van der Waals surface area contributed by atoms with Crippen LogP contribution in [0.1, 0.15) is 33.3 Å². The number of aromatic nitrogens is 1. The van der Waals surface area contributed by atoms with Crippen LogP contribution in [0, 0.1) is 11.3 Å². The largest absolute Gasteiger partial charge is 0.628 e. The standard InChI is InChI=1S/C28H38N7O3.Ni/c1-20-17-34(24-8-7-21(16-29)25-23(24)6-5-9-30-25)19-22(37-20)18-32-12-14-33(15-13-32)26-31-10-11-35(26)27(36)38-28(2,3)4;/h5-9,20,22,26H,10-15,17-19H2,1-4H3;/q-1;/t20-,22+,26?;/m1./s1. The average molecular weight is 579 g/mol. The number of amides is 1. The molecule has 3 aliphatic heterocycles. The fourth-order valence-corrected chi connectivity index (χ4v) is 5.64. The van der Waals surface area contributed by atoms with Crippen LogP contribution in [0.15, 0.2) is 30.5 Å². The third-order valence-electron chi connectivity index (χ3n) is 7.27. The second-order valence-corrected chi connectivity index (χ2v) is 11.4. The Labute approximate surface area is 241 Å². The van der Waals surface area contributed by atoms with E-state index in [1.54, 1.807) is 11.1 Å². The van der Waals surface area contributed by atoms with E-state index in [9.17, 15) is 10.1 Å².